The molecule has 0 aromatic rings. The zero-order valence-electron chi connectivity index (χ0n) is 8.80. The molecule has 0 rings (SSSR count). The van der Waals surface area contributed by atoms with Gasteiger partial charge < -0.3 is 10.0 Å². The summed E-state index contributed by atoms with van der Waals surface area (Å²) < 4.78 is 0. The Bertz CT molecular complexity index is 99.1. The van der Waals surface area contributed by atoms with Crippen molar-refractivity contribution in [3.8, 4) is 0 Å². The Morgan fingerprint density at radius 3 is 2.46 bits per heavy atom. The molecule has 1 N–H and O–H groups in total. The maximum absolute atomic E-state index is 8.83. The summed E-state index contributed by atoms with van der Waals surface area (Å²) in [6, 6.07) is 0. The van der Waals surface area contributed by atoms with Crippen molar-refractivity contribution >= 4 is 15.9 Å². The Labute approximate surface area is 90.4 Å². The van der Waals surface area contributed by atoms with Crippen molar-refractivity contribution in [2.45, 2.75) is 26.7 Å². The van der Waals surface area contributed by atoms with Crippen molar-refractivity contribution in [3.05, 3.63) is 0 Å². The average Bonchev–Trinajstić information content (AvgIpc) is 2.16. The molecule has 3 heteroatoms. The first-order chi connectivity index (χ1) is 6.28. The summed E-state index contributed by atoms with van der Waals surface area (Å²) in [5, 5.41) is 9.90. The van der Waals surface area contributed by atoms with Crippen molar-refractivity contribution < 1.29 is 5.11 Å². The number of rotatable bonds is 8. The first-order valence-electron chi connectivity index (χ1n) is 5.17. The summed E-state index contributed by atoms with van der Waals surface area (Å²) in [4.78, 5) is 2.31. The van der Waals surface area contributed by atoms with Crippen LogP contribution in [0.15, 0.2) is 0 Å². The lowest BCUT2D eigenvalue weighted by Crippen LogP contribution is -2.32. The third kappa shape index (κ3) is 6.47. The second-order valence-corrected chi connectivity index (χ2v) is 4.07. The van der Waals surface area contributed by atoms with Crippen molar-refractivity contribution in [2.75, 3.05) is 31.6 Å². The van der Waals surface area contributed by atoms with Crippen LogP contribution in [0.25, 0.3) is 0 Å². The van der Waals surface area contributed by atoms with Crippen LogP contribution in [-0.2, 0) is 0 Å². The van der Waals surface area contributed by atoms with Gasteiger partial charge in [0, 0.05) is 18.4 Å². The highest BCUT2D eigenvalue weighted by molar-refractivity contribution is 9.09. The molecular weight excluding hydrogens is 230 g/mol. The molecule has 1 unspecified atom stereocenters. The molecule has 0 fully saturated rings. The van der Waals surface area contributed by atoms with E-state index in [0.717, 1.165) is 30.9 Å². The Hall–Kier alpha value is 0.400. The van der Waals surface area contributed by atoms with Crippen LogP contribution in [-0.4, -0.2) is 41.6 Å². The lowest BCUT2D eigenvalue weighted by molar-refractivity contribution is 0.183. The van der Waals surface area contributed by atoms with Gasteiger partial charge in [0.1, 0.15) is 0 Å². The molecule has 0 spiro atoms. The molecule has 0 aromatic carbocycles. The molecule has 0 heterocycles. The highest BCUT2D eigenvalue weighted by Crippen LogP contribution is 2.11. The monoisotopic (exact) mass is 251 g/mol. The van der Waals surface area contributed by atoms with Crippen LogP contribution < -0.4 is 0 Å². The highest BCUT2D eigenvalue weighted by atomic mass is 79.9. The maximum Gasteiger partial charge on any atom is 0.0558 e. The summed E-state index contributed by atoms with van der Waals surface area (Å²) in [6.07, 6.45) is 2.51. The predicted molar refractivity (Wildman–Crippen MR) is 61.4 cm³/mol. The molecule has 0 aliphatic heterocycles. The second-order valence-electron chi connectivity index (χ2n) is 3.43. The van der Waals surface area contributed by atoms with Crippen molar-refractivity contribution in [1.29, 1.82) is 0 Å². The number of nitrogens with zero attached hydrogens (tertiary/aromatic N) is 1. The van der Waals surface area contributed by atoms with Gasteiger partial charge in [0.2, 0.25) is 0 Å². The van der Waals surface area contributed by atoms with Gasteiger partial charge in [0.25, 0.3) is 0 Å². The van der Waals surface area contributed by atoms with Crippen LogP contribution in [0.3, 0.4) is 0 Å². The molecule has 0 amide bonds. The Morgan fingerprint density at radius 1 is 1.38 bits per heavy atom. The fourth-order valence-corrected chi connectivity index (χ4v) is 2.04. The van der Waals surface area contributed by atoms with E-state index in [-0.39, 0.29) is 6.61 Å². The third-order valence-electron chi connectivity index (χ3n) is 2.29. The second kappa shape index (κ2) is 8.97. The summed E-state index contributed by atoms with van der Waals surface area (Å²) in [5.41, 5.74) is 0. The predicted octanol–water partition coefficient (Wildman–Crippen LogP) is 2.11. The number of likely N-dealkylation sites (N-methyl/N-ethyl adjacent to an activating group) is 1. The summed E-state index contributed by atoms with van der Waals surface area (Å²) in [7, 11) is 0. The van der Waals surface area contributed by atoms with Gasteiger partial charge in [-0.2, -0.15) is 0 Å². The van der Waals surface area contributed by atoms with Crippen molar-refractivity contribution in [1.82, 2.24) is 4.90 Å². The molecule has 0 aliphatic rings. The van der Waals surface area contributed by atoms with E-state index in [1.165, 1.54) is 12.8 Å². The SMILES string of the molecule is CCCC(CBr)CN(CC)CCO. The van der Waals surface area contributed by atoms with E-state index >= 15 is 0 Å². The van der Waals surface area contributed by atoms with Gasteiger partial charge in [0.15, 0.2) is 0 Å². The van der Waals surface area contributed by atoms with Gasteiger partial charge in [-0.15, -0.1) is 0 Å². The zero-order valence-corrected chi connectivity index (χ0v) is 10.4. The minimum Gasteiger partial charge on any atom is -0.395 e. The molecule has 13 heavy (non-hydrogen) atoms. The fourth-order valence-electron chi connectivity index (χ4n) is 1.51. The summed E-state index contributed by atoms with van der Waals surface area (Å²) in [5.74, 6) is 0.733. The normalized spacial score (nSPS) is 13.6. The lowest BCUT2D eigenvalue weighted by Gasteiger charge is -2.24. The van der Waals surface area contributed by atoms with E-state index in [1.54, 1.807) is 0 Å². The van der Waals surface area contributed by atoms with Gasteiger partial charge in [0.05, 0.1) is 6.61 Å². The molecule has 0 radical (unpaired) electrons. The number of alkyl halides is 1. The number of hydrogen-bond acceptors (Lipinski definition) is 2. The van der Waals surface area contributed by atoms with Crippen LogP contribution >= 0.6 is 15.9 Å². The van der Waals surface area contributed by atoms with Gasteiger partial charge in [-0.3, -0.25) is 0 Å². The third-order valence-corrected chi connectivity index (χ3v) is 3.21. The minimum absolute atomic E-state index is 0.273. The van der Waals surface area contributed by atoms with E-state index in [1.807, 2.05) is 0 Å². The lowest BCUT2D eigenvalue weighted by atomic mass is 10.1. The van der Waals surface area contributed by atoms with Crippen LogP contribution in [0.5, 0.6) is 0 Å². The van der Waals surface area contributed by atoms with Crippen LogP contribution in [0.2, 0.25) is 0 Å². The van der Waals surface area contributed by atoms with Gasteiger partial charge in [-0.25, -0.2) is 0 Å². The van der Waals surface area contributed by atoms with Crippen molar-refractivity contribution in [3.63, 3.8) is 0 Å². The zero-order chi connectivity index (χ0) is 10.1. The molecule has 0 aliphatic carbocycles. The molecular formula is C10H22BrNO. The van der Waals surface area contributed by atoms with Crippen LogP contribution in [0, 0.1) is 5.92 Å². The van der Waals surface area contributed by atoms with E-state index < -0.39 is 0 Å². The largest absolute Gasteiger partial charge is 0.395 e. The van der Waals surface area contributed by atoms with Gasteiger partial charge >= 0.3 is 0 Å². The Balaban J connectivity index is 3.73. The minimum atomic E-state index is 0.273. The quantitative estimate of drug-likeness (QED) is 0.669. The molecule has 0 saturated carbocycles. The standard InChI is InChI=1S/C10H22BrNO/c1-3-5-10(8-11)9-12(4-2)6-7-13/h10,13H,3-9H2,1-2H3. The number of aliphatic hydroxyl groups is 1. The molecule has 0 saturated heterocycles. The van der Waals surface area contributed by atoms with Crippen molar-refractivity contribution in [2.24, 2.45) is 5.92 Å². The van der Waals surface area contributed by atoms with E-state index in [2.05, 4.69) is 34.7 Å². The molecule has 1 atom stereocenters. The van der Waals surface area contributed by atoms with Gasteiger partial charge in [-0.05, 0) is 18.9 Å². The fraction of sp³-hybridized carbons (Fsp3) is 1.00. The first-order valence-corrected chi connectivity index (χ1v) is 6.29. The first kappa shape index (κ1) is 13.4. The molecule has 0 bridgehead atoms. The van der Waals surface area contributed by atoms with E-state index in [0.29, 0.717) is 0 Å². The maximum atomic E-state index is 8.83. The van der Waals surface area contributed by atoms with E-state index in [4.69, 9.17) is 5.11 Å². The number of aliphatic hydroxyl groups excluding tert-OH is 1. The summed E-state index contributed by atoms with van der Waals surface area (Å²) >= 11 is 3.54. The highest BCUT2D eigenvalue weighted by Gasteiger charge is 2.10. The van der Waals surface area contributed by atoms with E-state index in [9.17, 15) is 0 Å². The van der Waals surface area contributed by atoms with Crippen LogP contribution in [0.1, 0.15) is 26.7 Å². The Kier molecular flexibility index (Phi) is 9.25. The molecule has 0 aromatic heterocycles. The summed E-state index contributed by atoms with van der Waals surface area (Å²) in [6.45, 7) is 7.59. The Morgan fingerprint density at radius 2 is 2.08 bits per heavy atom. The number of halogens is 1. The molecule has 80 valence electrons. The average molecular weight is 252 g/mol. The number of hydrogen-bond donors (Lipinski definition) is 1. The van der Waals surface area contributed by atoms with Crippen LogP contribution in [0.4, 0.5) is 0 Å². The smallest absolute Gasteiger partial charge is 0.0558 e. The van der Waals surface area contributed by atoms with Gasteiger partial charge in [-0.1, -0.05) is 36.2 Å². The topological polar surface area (TPSA) is 23.5 Å². The molecule has 2 nitrogen and oxygen atoms in total.